The first-order chi connectivity index (χ1) is 8.28. The van der Waals surface area contributed by atoms with Crippen LogP contribution in [0.1, 0.15) is 10.5 Å². The van der Waals surface area contributed by atoms with Crippen LogP contribution >= 0.6 is 0 Å². The number of hydrogen-bond donors (Lipinski definition) is 0. The molecule has 1 heterocycles. The van der Waals surface area contributed by atoms with Gasteiger partial charge in [0, 0.05) is 6.07 Å². The van der Waals surface area contributed by atoms with Crippen molar-refractivity contribution in [2.24, 2.45) is 0 Å². The minimum Gasteiger partial charge on any atom is -0.493 e. The molecule has 0 N–H and O–H groups in total. The number of ether oxygens (including phenoxy) is 2. The van der Waals surface area contributed by atoms with E-state index < -0.39 is 0 Å². The van der Waals surface area contributed by atoms with Crippen molar-refractivity contribution in [3.05, 3.63) is 30.1 Å². The minimum atomic E-state index is 0.278. The van der Waals surface area contributed by atoms with E-state index in [-0.39, 0.29) is 5.69 Å². The smallest absolute Gasteiger partial charge is 0.171 e. The third kappa shape index (κ3) is 2.10. The lowest BCUT2D eigenvalue weighted by molar-refractivity contribution is 0.111. The fraction of sp³-hybridized carbons (Fsp3) is 0.182. The molecule has 6 heteroatoms. The maximum absolute atomic E-state index is 10.5. The van der Waals surface area contributed by atoms with E-state index in [0.29, 0.717) is 17.8 Å². The Morgan fingerprint density at radius 1 is 1.24 bits per heavy atom. The molecule has 0 saturated carbocycles. The number of methoxy groups -OCH3 is 2. The van der Waals surface area contributed by atoms with E-state index in [1.807, 2.05) is 0 Å². The van der Waals surface area contributed by atoms with Gasteiger partial charge in [0.15, 0.2) is 17.8 Å². The third-order valence-corrected chi connectivity index (χ3v) is 2.26. The second kappa shape index (κ2) is 4.65. The highest BCUT2D eigenvalue weighted by Crippen LogP contribution is 2.28. The lowest BCUT2D eigenvalue weighted by atomic mass is 10.3. The fourth-order valence-electron chi connectivity index (χ4n) is 1.42. The molecule has 0 spiro atoms. The number of hydrogen-bond acceptors (Lipinski definition) is 5. The van der Waals surface area contributed by atoms with Crippen LogP contribution in [-0.2, 0) is 0 Å². The predicted molar refractivity (Wildman–Crippen MR) is 59.9 cm³/mol. The van der Waals surface area contributed by atoms with Gasteiger partial charge in [-0.1, -0.05) is 5.21 Å². The SMILES string of the molecule is COc1ccc(-n2cc(C=O)nn2)cc1OC. The van der Waals surface area contributed by atoms with Crippen LogP contribution in [0.4, 0.5) is 0 Å². The summed E-state index contributed by atoms with van der Waals surface area (Å²) in [6.07, 6.45) is 2.18. The Kier molecular flexibility index (Phi) is 3.04. The Hall–Kier alpha value is -2.37. The summed E-state index contributed by atoms with van der Waals surface area (Å²) >= 11 is 0. The molecule has 0 aliphatic carbocycles. The topological polar surface area (TPSA) is 66.2 Å². The highest BCUT2D eigenvalue weighted by atomic mass is 16.5. The number of carbonyl (C=O) groups is 1. The molecule has 0 atom stereocenters. The molecule has 0 amide bonds. The minimum absolute atomic E-state index is 0.278. The monoisotopic (exact) mass is 233 g/mol. The van der Waals surface area contributed by atoms with E-state index in [9.17, 15) is 4.79 Å². The van der Waals surface area contributed by atoms with E-state index in [1.165, 1.54) is 10.9 Å². The number of aldehydes is 1. The Morgan fingerprint density at radius 2 is 2.00 bits per heavy atom. The first-order valence-electron chi connectivity index (χ1n) is 4.88. The lowest BCUT2D eigenvalue weighted by Crippen LogP contribution is -1.97. The second-order valence-electron chi connectivity index (χ2n) is 3.25. The summed E-state index contributed by atoms with van der Waals surface area (Å²) in [5.74, 6) is 1.22. The third-order valence-electron chi connectivity index (χ3n) is 2.26. The van der Waals surface area contributed by atoms with E-state index in [0.717, 1.165) is 5.69 Å². The van der Waals surface area contributed by atoms with Crippen LogP contribution in [0.25, 0.3) is 5.69 Å². The van der Waals surface area contributed by atoms with Crippen LogP contribution in [0.5, 0.6) is 11.5 Å². The van der Waals surface area contributed by atoms with Crippen molar-refractivity contribution >= 4 is 6.29 Å². The molecule has 0 bridgehead atoms. The molecule has 0 unspecified atom stereocenters. The van der Waals surface area contributed by atoms with Gasteiger partial charge in [-0.15, -0.1) is 5.10 Å². The van der Waals surface area contributed by atoms with E-state index in [4.69, 9.17) is 9.47 Å². The molecule has 0 fully saturated rings. The van der Waals surface area contributed by atoms with E-state index in [1.54, 1.807) is 32.4 Å². The van der Waals surface area contributed by atoms with Crippen LogP contribution in [0.15, 0.2) is 24.4 Å². The van der Waals surface area contributed by atoms with E-state index in [2.05, 4.69) is 10.3 Å². The zero-order valence-corrected chi connectivity index (χ0v) is 9.45. The average Bonchev–Trinajstić information content (AvgIpc) is 2.86. The molecule has 6 nitrogen and oxygen atoms in total. The maximum atomic E-state index is 10.5. The van der Waals surface area contributed by atoms with Crippen LogP contribution in [0, 0.1) is 0 Å². The molecule has 0 aliphatic heterocycles. The number of carbonyl (C=O) groups excluding carboxylic acids is 1. The lowest BCUT2D eigenvalue weighted by Gasteiger charge is -2.08. The van der Waals surface area contributed by atoms with Crippen LogP contribution in [0.3, 0.4) is 0 Å². The number of aromatic nitrogens is 3. The molecule has 0 radical (unpaired) electrons. The Bertz CT molecular complexity index is 537. The highest BCUT2D eigenvalue weighted by Gasteiger charge is 2.07. The van der Waals surface area contributed by atoms with Crippen molar-refractivity contribution in [1.29, 1.82) is 0 Å². The highest BCUT2D eigenvalue weighted by molar-refractivity contribution is 5.70. The Labute approximate surface area is 97.8 Å². The standard InChI is InChI=1S/C11H11N3O3/c1-16-10-4-3-9(5-11(10)17-2)14-6-8(7-15)12-13-14/h3-7H,1-2H3. The second-order valence-corrected chi connectivity index (χ2v) is 3.25. The summed E-state index contributed by atoms with van der Waals surface area (Å²) in [6.45, 7) is 0. The fourth-order valence-corrected chi connectivity index (χ4v) is 1.42. The van der Waals surface area contributed by atoms with Gasteiger partial charge in [-0.2, -0.15) is 0 Å². The molecule has 1 aromatic carbocycles. The van der Waals surface area contributed by atoms with Gasteiger partial charge in [0.1, 0.15) is 5.69 Å². The zero-order valence-electron chi connectivity index (χ0n) is 9.45. The van der Waals surface area contributed by atoms with Crippen molar-refractivity contribution in [3.63, 3.8) is 0 Å². The van der Waals surface area contributed by atoms with Crippen molar-refractivity contribution in [1.82, 2.24) is 15.0 Å². The summed E-state index contributed by atoms with van der Waals surface area (Å²) in [5.41, 5.74) is 1.02. The first kappa shape index (κ1) is 11.1. The van der Waals surface area contributed by atoms with Crippen molar-refractivity contribution < 1.29 is 14.3 Å². The normalized spacial score (nSPS) is 10.0. The van der Waals surface area contributed by atoms with Crippen molar-refractivity contribution in [2.45, 2.75) is 0 Å². The largest absolute Gasteiger partial charge is 0.493 e. The summed E-state index contributed by atoms with van der Waals surface area (Å²) in [5, 5.41) is 7.51. The molecule has 0 saturated heterocycles. The zero-order chi connectivity index (χ0) is 12.3. The summed E-state index contributed by atoms with van der Waals surface area (Å²) in [7, 11) is 3.12. The molecule has 1 aromatic heterocycles. The first-order valence-corrected chi connectivity index (χ1v) is 4.88. The Morgan fingerprint density at radius 3 is 2.59 bits per heavy atom. The average molecular weight is 233 g/mol. The summed E-state index contributed by atoms with van der Waals surface area (Å²) in [4.78, 5) is 10.5. The van der Waals surface area contributed by atoms with Crippen molar-refractivity contribution in [3.8, 4) is 17.2 Å². The molecule has 88 valence electrons. The summed E-state index contributed by atoms with van der Waals surface area (Å²) in [6, 6.07) is 5.31. The van der Waals surface area contributed by atoms with Crippen LogP contribution in [-0.4, -0.2) is 35.5 Å². The van der Waals surface area contributed by atoms with Gasteiger partial charge >= 0.3 is 0 Å². The molecule has 2 aromatic rings. The molecular formula is C11H11N3O3. The summed E-state index contributed by atoms with van der Waals surface area (Å²) < 4.78 is 11.8. The van der Waals surface area contributed by atoms with Gasteiger partial charge in [0.25, 0.3) is 0 Å². The molecule has 2 rings (SSSR count). The Balaban J connectivity index is 2.42. The number of benzene rings is 1. The van der Waals surface area contributed by atoms with Gasteiger partial charge in [-0.3, -0.25) is 4.79 Å². The van der Waals surface area contributed by atoms with Crippen molar-refractivity contribution in [2.75, 3.05) is 14.2 Å². The van der Waals surface area contributed by atoms with Gasteiger partial charge in [0.05, 0.1) is 26.1 Å². The maximum Gasteiger partial charge on any atom is 0.171 e. The van der Waals surface area contributed by atoms with Gasteiger partial charge < -0.3 is 9.47 Å². The van der Waals surface area contributed by atoms with Gasteiger partial charge in [0.2, 0.25) is 0 Å². The van der Waals surface area contributed by atoms with Gasteiger partial charge in [-0.25, -0.2) is 4.68 Å². The van der Waals surface area contributed by atoms with E-state index >= 15 is 0 Å². The van der Waals surface area contributed by atoms with Crippen LogP contribution in [0.2, 0.25) is 0 Å². The molecule has 17 heavy (non-hydrogen) atoms. The van der Waals surface area contributed by atoms with Crippen LogP contribution < -0.4 is 9.47 Å². The predicted octanol–water partition coefficient (Wildman–Crippen LogP) is 1.10. The van der Waals surface area contributed by atoms with Gasteiger partial charge in [-0.05, 0) is 12.1 Å². The molecular weight excluding hydrogens is 222 g/mol. The number of rotatable bonds is 4. The quantitative estimate of drug-likeness (QED) is 0.740. The number of nitrogens with zero attached hydrogens (tertiary/aromatic N) is 3. The molecule has 0 aliphatic rings.